The summed E-state index contributed by atoms with van der Waals surface area (Å²) in [7, 11) is 1.29. The number of carbonyl (C=O) groups is 3. The third-order valence-electron chi connectivity index (χ3n) is 2.84. The van der Waals surface area contributed by atoms with Crippen LogP contribution in [0.15, 0.2) is 18.2 Å². The molecule has 3 amide bonds. The number of urea groups is 1. The van der Waals surface area contributed by atoms with Gasteiger partial charge in [-0.25, -0.2) is 9.59 Å². The Morgan fingerprint density at radius 1 is 1.17 bits per heavy atom. The van der Waals surface area contributed by atoms with E-state index in [-0.39, 0.29) is 6.54 Å². The van der Waals surface area contributed by atoms with Crippen molar-refractivity contribution in [3.05, 3.63) is 29.3 Å². The highest BCUT2D eigenvalue weighted by Crippen LogP contribution is 2.20. The van der Waals surface area contributed by atoms with Crippen molar-refractivity contribution in [1.29, 1.82) is 0 Å². The van der Waals surface area contributed by atoms with E-state index in [1.165, 1.54) is 7.11 Å². The van der Waals surface area contributed by atoms with E-state index in [4.69, 9.17) is 4.74 Å². The third kappa shape index (κ3) is 5.98. The number of hydrogen-bond acceptors (Lipinski definition) is 5. The topological polar surface area (TPSA) is 96.5 Å². The SMILES string of the molecule is COC(=O)c1c(C)cccc1NCC(=O)NC(=O)NC(C)(C)C. The molecule has 0 bridgehead atoms. The molecular formula is C16H23N3O4. The standard InChI is InChI=1S/C16H23N3O4/c1-10-7-6-8-11(13(10)14(21)23-5)17-9-12(20)18-15(22)19-16(2,3)4/h6-8,17H,9H2,1-5H3,(H2,18,19,20,22). The molecule has 0 radical (unpaired) electrons. The molecule has 0 atom stereocenters. The molecule has 0 saturated heterocycles. The van der Waals surface area contributed by atoms with Crippen LogP contribution in [0, 0.1) is 6.92 Å². The first kappa shape index (κ1) is 18.5. The van der Waals surface area contributed by atoms with Gasteiger partial charge >= 0.3 is 12.0 Å². The average Bonchev–Trinajstić information content (AvgIpc) is 2.42. The van der Waals surface area contributed by atoms with Gasteiger partial charge in [-0.3, -0.25) is 10.1 Å². The fourth-order valence-corrected chi connectivity index (χ4v) is 1.91. The molecule has 0 aliphatic carbocycles. The lowest BCUT2D eigenvalue weighted by atomic mass is 10.1. The van der Waals surface area contributed by atoms with Crippen molar-refractivity contribution in [2.75, 3.05) is 19.0 Å². The first-order chi connectivity index (χ1) is 10.6. The second kappa shape index (κ2) is 7.62. The van der Waals surface area contributed by atoms with E-state index in [2.05, 4.69) is 16.0 Å². The highest BCUT2D eigenvalue weighted by atomic mass is 16.5. The molecule has 1 rings (SSSR count). The van der Waals surface area contributed by atoms with Crippen molar-refractivity contribution >= 4 is 23.6 Å². The Balaban J connectivity index is 2.69. The predicted octanol–water partition coefficient (Wildman–Crippen LogP) is 1.82. The van der Waals surface area contributed by atoms with Crippen LogP contribution in [-0.4, -0.2) is 37.1 Å². The number of amides is 3. The first-order valence-electron chi connectivity index (χ1n) is 7.18. The lowest BCUT2D eigenvalue weighted by Gasteiger charge is -2.20. The largest absolute Gasteiger partial charge is 0.465 e. The van der Waals surface area contributed by atoms with Crippen molar-refractivity contribution in [2.45, 2.75) is 33.2 Å². The molecule has 0 fully saturated rings. The van der Waals surface area contributed by atoms with E-state index < -0.39 is 23.4 Å². The molecule has 0 heterocycles. The smallest absolute Gasteiger partial charge is 0.340 e. The Hall–Kier alpha value is -2.57. The predicted molar refractivity (Wildman–Crippen MR) is 87.4 cm³/mol. The molecule has 0 spiro atoms. The van der Waals surface area contributed by atoms with E-state index in [0.717, 1.165) is 5.56 Å². The minimum atomic E-state index is -0.568. The van der Waals surface area contributed by atoms with Crippen LogP contribution in [-0.2, 0) is 9.53 Å². The van der Waals surface area contributed by atoms with E-state index >= 15 is 0 Å². The van der Waals surface area contributed by atoms with Crippen molar-refractivity contribution in [3.63, 3.8) is 0 Å². The van der Waals surface area contributed by atoms with Gasteiger partial charge in [0.15, 0.2) is 0 Å². The minimum absolute atomic E-state index is 0.148. The van der Waals surface area contributed by atoms with Crippen LogP contribution < -0.4 is 16.0 Å². The lowest BCUT2D eigenvalue weighted by Crippen LogP contribution is -2.49. The molecule has 0 aromatic heterocycles. The second-order valence-electron chi connectivity index (χ2n) is 6.09. The van der Waals surface area contributed by atoms with Crippen molar-refractivity contribution < 1.29 is 19.1 Å². The zero-order valence-electron chi connectivity index (χ0n) is 14.1. The highest BCUT2D eigenvalue weighted by Gasteiger charge is 2.17. The van der Waals surface area contributed by atoms with Gasteiger partial charge in [0.05, 0.1) is 19.2 Å². The molecule has 7 nitrogen and oxygen atoms in total. The Bertz CT molecular complexity index is 606. The number of benzene rings is 1. The highest BCUT2D eigenvalue weighted by molar-refractivity contribution is 5.99. The number of methoxy groups -OCH3 is 1. The number of nitrogens with one attached hydrogen (secondary N) is 3. The lowest BCUT2D eigenvalue weighted by molar-refractivity contribution is -0.118. The Kier molecular flexibility index (Phi) is 6.12. The van der Waals surface area contributed by atoms with Crippen molar-refractivity contribution in [3.8, 4) is 0 Å². The summed E-state index contributed by atoms with van der Waals surface area (Å²) in [5, 5.41) is 7.68. The van der Waals surface area contributed by atoms with Gasteiger partial charge in [-0.2, -0.15) is 0 Å². The van der Waals surface area contributed by atoms with Crippen LogP contribution in [0.2, 0.25) is 0 Å². The maximum Gasteiger partial charge on any atom is 0.340 e. The molecule has 7 heteroatoms. The second-order valence-corrected chi connectivity index (χ2v) is 6.09. The maximum atomic E-state index is 11.8. The van der Waals surface area contributed by atoms with Gasteiger partial charge in [0.1, 0.15) is 0 Å². The van der Waals surface area contributed by atoms with E-state index in [0.29, 0.717) is 11.3 Å². The summed E-state index contributed by atoms with van der Waals surface area (Å²) in [5.41, 5.74) is 1.13. The summed E-state index contributed by atoms with van der Waals surface area (Å²) >= 11 is 0. The number of aryl methyl sites for hydroxylation is 1. The molecule has 1 aromatic carbocycles. The van der Waals surface area contributed by atoms with E-state index in [1.54, 1.807) is 25.1 Å². The summed E-state index contributed by atoms with van der Waals surface area (Å²) in [5.74, 6) is -0.999. The molecule has 0 unspecified atom stereocenters. The van der Waals surface area contributed by atoms with E-state index in [1.807, 2.05) is 20.8 Å². The summed E-state index contributed by atoms with van der Waals surface area (Å²) in [6.45, 7) is 7.05. The molecule has 0 saturated carbocycles. The Morgan fingerprint density at radius 2 is 1.83 bits per heavy atom. The van der Waals surface area contributed by atoms with Gasteiger partial charge in [-0.15, -0.1) is 0 Å². The van der Waals surface area contributed by atoms with Crippen molar-refractivity contribution in [2.24, 2.45) is 0 Å². The summed E-state index contributed by atoms with van der Waals surface area (Å²) in [6.07, 6.45) is 0. The molecule has 23 heavy (non-hydrogen) atoms. The number of anilines is 1. The maximum absolute atomic E-state index is 11.8. The zero-order valence-corrected chi connectivity index (χ0v) is 14.1. The zero-order chi connectivity index (χ0) is 17.6. The van der Waals surface area contributed by atoms with Gasteiger partial charge in [-0.1, -0.05) is 12.1 Å². The number of rotatable bonds is 4. The van der Waals surface area contributed by atoms with Gasteiger partial charge in [-0.05, 0) is 39.3 Å². The molecule has 0 aliphatic heterocycles. The number of imide groups is 1. The van der Waals surface area contributed by atoms with Crippen LogP contribution in [0.25, 0.3) is 0 Å². The number of hydrogen-bond donors (Lipinski definition) is 3. The van der Waals surface area contributed by atoms with Gasteiger partial charge in [0, 0.05) is 11.2 Å². The minimum Gasteiger partial charge on any atom is -0.465 e. The molecule has 0 aliphatic rings. The quantitative estimate of drug-likeness (QED) is 0.735. The Morgan fingerprint density at radius 3 is 2.39 bits per heavy atom. The van der Waals surface area contributed by atoms with Crippen LogP contribution in [0.4, 0.5) is 10.5 Å². The molecule has 126 valence electrons. The van der Waals surface area contributed by atoms with Gasteiger partial charge in [0.25, 0.3) is 0 Å². The fraction of sp³-hybridized carbons (Fsp3) is 0.438. The molecular weight excluding hydrogens is 298 g/mol. The third-order valence-corrected chi connectivity index (χ3v) is 2.84. The summed E-state index contributed by atoms with van der Waals surface area (Å²) < 4.78 is 4.74. The first-order valence-corrected chi connectivity index (χ1v) is 7.18. The molecule has 1 aromatic rings. The van der Waals surface area contributed by atoms with Crippen molar-refractivity contribution in [1.82, 2.24) is 10.6 Å². The van der Waals surface area contributed by atoms with E-state index in [9.17, 15) is 14.4 Å². The monoisotopic (exact) mass is 321 g/mol. The molecule has 3 N–H and O–H groups in total. The van der Waals surface area contributed by atoms with Crippen LogP contribution in [0.1, 0.15) is 36.7 Å². The fourth-order valence-electron chi connectivity index (χ4n) is 1.91. The van der Waals surface area contributed by atoms with Gasteiger partial charge < -0.3 is 15.4 Å². The number of esters is 1. The number of ether oxygens (including phenoxy) is 1. The average molecular weight is 321 g/mol. The summed E-state index contributed by atoms with van der Waals surface area (Å²) in [6, 6.07) is 4.63. The number of carbonyl (C=O) groups excluding carboxylic acids is 3. The summed E-state index contributed by atoms with van der Waals surface area (Å²) in [4.78, 5) is 35.2. The van der Waals surface area contributed by atoms with Crippen LogP contribution in [0.5, 0.6) is 0 Å². The van der Waals surface area contributed by atoms with Crippen LogP contribution >= 0.6 is 0 Å². The van der Waals surface area contributed by atoms with Gasteiger partial charge in [0.2, 0.25) is 5.91 Å². The Labute approximate surface area is 135 Å². The van der Waals surface area contributed by atoms with Crippen LogP contribution in [0.3, 0.4) is 0 Å². The normalized spacial score (nSPS) is 10.7.